The molecular formula is C18H17F3N2O2. The maximum absolute atomic E-state index is 12.4. The Morgan fingerprint density at radius 1 is 1.20 bits per heavy atom. The molecule has 0 aliphatic rings. The zero-order valence-corrected chi connectivity index (χ0v) is 13.7. The third kappa shape index (κ3) is 3.40. The summed E-state index contributed by atoms with van der Waals surface area (Å²) in [7, 11) is 1.58. The molecule has 0 saturated heterocycles. The minimum atomic E-state index is -4.88. The van der Waals surface area contributed by atoms with Crippen LogP contribution in [0.2, 0.25) is 0 Å². The van der Waals surface area contributed by atoms with E-state index in [1.165, 1.54) is 0 Å². The molecule has 4 nitrogen and oxygen atoms in total. The molecule has 3 aromatic rings. The van der Waals surface area contributed by atoms with Gasteiger partial charge in [-0.3, -0.25) is 4.79 Å². The molecule has 7 heteroatoms. The van der Waals surface area contributed by atoms with E-state index in [-0.39, 0.29) is 6.54 Å². The number of fused-ring (bicyclic) bond motifs is 3. The first-order chi connectivity index (χ1) is 11.8. The van der Waals surface area contributed by atoms with E-state index >= 15 is 0 Å². The fraction of sp³-hybridized carbons (Fsp3) is 0.278. The Labute approximate surface area is 142 Å². The SMILES string of the molecule is COc1ccc2ccc3ccn(CC(C)NC(=O)C(F)(F)F)c3c2c1. The fourth-order valence-electron chi connectivity index (χ4n) is 2.93. The summed E-state index contributed by atoms with van der Waals surface area (Å²) in [5.74, 6) is -1.23. The highest BCUT2D eigenvalue weighted by Gasteiger charge is 2.39. The first-order valence-electron chi connectivity index (χ1n) is 7.73. The first kappa shape index (κ1) is 17.1. The summed E-state index contributed by atoms with van der Waals surface area (Å²) in [6, 6.07) is 10.8. The van der Waals surface area contributed by atoms with Gasteiger partial charge >= 0.3 is 12.1 Å². The van der Waals surface area contributed by atoms with Crippen LogP contribution in [-0.2, 0) is 11.3 Å². The van der Waals surface area contributed by atoms with Crippen LogP contribution in [0.25, 0.3) is 21.7 Å². The van der Waals surface area contributed by atoms with Gasteiger partial charge in [0.2, 0.25) is 0 Å². The molecule has 0 aliphatic carbocycles. The number of benzene rings is 2. The van der Waals surface area contributed by atoms with Gasteiger partial charge in [-0.1, -0.05) is 18.2 Å². The van der Waals surface area contributed by atoms with Crippen LogP contribution in [0, 0.1) is 0 Å². The number of hydrogen-bond acceptors (Lipinski definition) is 2. The summed E-state index contributed by atoms with van der Waals surface area (Å²) in [6.45, 7) is 1.77. The number of ether oxygens (including phenoxy) is 1. The minimum absolute atomic E-state index is 0.224. The van der Waals surface area contributed by atoms with Crippen LogP contribution in [0.5, 0.6) is 5.75 Å². The van der Waals surface area contributed by atoms with Crippen LogP contribution in [0.15, 0.2) is 42.6 Å². The number of carbonyl (C=O) groups is 1. The summed E-state index contributed by atoms with van der Waals surface area (Å²) in [5.41, 5.74) is 0.893. The average molecular weight is 350 g/mol. The van der Waals surface area contributed by atoms with Crippen LogP contribution in [-0.4, -0.2) is 29.8 Å². The largest absolute Gasteiger partial charge is 0.497 e. The van der Waals surface area contributed by atoms with Crippen molar-refractivity contribution in [2.75, 3.05) is 7.11 Å². The van der Waals surface area contributed by atoms with Gasteiger partial charge in [-0.25, -0.2) is 0 Å². The Morgan fingerprint density at radius 3 is 2.56 bits per heavy atom. The lowest BCUT2D eigenvalue weighted by atomic mass is 10.1. The van der Waals surface area contributed by atoms with E-state index in [0.717, 1.165) is 21.7 Å². The standard InChI is InChI=1S/C18H17F3N2O2/c1-11(22-17(24)18(19,20)21)10-23-8-7-13-4-3-12-5-6-14(25-2)9-15(12)16(13)23/h3-9,11H,10H2,1-2H3,(H,22,24). The number of methoxy groups -OCH3 is 1. The van der Waals surface area contributed by atoms with Crippen molar-refractivity contribution in [3.63, 3.8) is 0 Å². The summed E-state index contributed by atoms with van der Waals surface area (Å²) in [4.78, 5) is 11.1. The van der Waals surface area contributed by atoms with Crippen molar-refractivity contribution in [2.45, 2.75) is 25.7 Å². The van der Waals surface area contributed by atoms with Gasteiger partial charge in [-0.05, 0) is 30.5 Å². The molecule has 1 unspecified atom stereocenters. The van der Waals surface area contributed by atoms with Gasteiger partial charge in [0.25, 0.3) is 0 Å². The van der Waals surface area contributed by atoms with Crippen molar-refractivity contribution in [3.8, 4) is 5.75 Å². The molecule has 3 rings (SSSR count). The summed E-state index contributed by atoms with van der Waals surface area (Å²) in [5, 5.41) is 4.89. The van der Waals surface area contributed by atoms with Crippen molar-refractivity contribution in [1.82, 2.24) is 9.88 Å². The van der Waals surface area contributed by atoms with Gasteiger partial charge < -0.3 is 14.6 Å². The van der Waals surface area contributed by atoms with E-state index < -0.39 is 18.1 Å². The molecule has 0 bridgehead atoms. The number of nitrogens with zero attached hydrogens (tertiary/aromatic N) is 1. The predicted molar refractivity (Wildman–Crippen MR) is 89.7 cm³/mol. The van der Waals surface area contributed by atoms with Gasteiger partial charge in [0.05, 0.1) is 12.6 Å². The van der Waals surface area contributed by atoms with Crippen molar-refractivity contribution in [3.05, 3.63) is 42.6 Å². The number of alkyl halides is 3. The molecule has 25 heavy (non-hydrogen) atoms. The zero-order chi connectivity index (χ0) is 18.2. The Bertz CT molecular complexity index is 931. The van der Waals surface area contributed by atoms with Crippen LogP contribution < -0.4 is 10.1 Å². The molecule has 1 N–H and O–H groups in total. The second kappa shape index (κ2) is 6.31. The van der Waals surface area contributed by atoms with Crippen molar-refractivity contribution in [1.29, 1.82) is 0 Å². The average Bonchev–Trinajstić information content (AvgIpc) is 2.96. The van der Waals surface area contributed by atoms with E-state index in [4.69, 9.17) is 4.74 Å². The molecule has 1 atom stereocenters. The van der Waals surface area contributed by atoms with E-state index in [0.29, 0.717) is 5.75 Å². The minimum Gasteiger partial charge on any atom is -0.497 e. The third-order valence-electron chi connectivity index (χ3n) is 4.06. The second-order valence-electron chi connectivity index (χ2n) is 5.93. The maximum atomic E-state index is 12.4. The number of carbonyl (C=O) groups excluding carboxylic acids is 1. The lowest BCUT2D eigenvalue weighted by molar-refractivity contribution is -0.174. The van der Waals surface area contributed by atoms with E-state index in [9.17, 15) is 18.0 Å². The van der Waals surface area contributed by atoms with Crippen LogP contribution in [0.3, 0.4) is 0 Å². The van der Waals surface area contributed by atoms with Crippen molar-refractivity contribution < 1.29 is 22.7 Å². The molecule has 1 aromatic heterocycles. The van der Waals surface area contributed by atoms with Crippen molar-refractivity contribution in [2.24, 2.45) is 0 Å². The highest BCUT2D eigenvalue weighted by Crippen LogP contribution is 2.29. The molecule has 0 fully saturated rings. The lowest BCUT2D eigenvalue weighted by Gasteiger charge is -2.17. The number of hydrogen-bond donors (Lipinski definition) is 1. The number of nitrogens with one attached hydrogen (secondary N) is 1. The Hall–Kier alpha value is -2.70. The third-order valence-corrected chi connectivity index (χ3v) is 4.06. The summed E-state index contributed by atoms with van der Waals surface area (Å²) in [6.07, 6.45) is -3.08. The van der Waals surface area contributed by atoms with Gasteiger partial charge in [-0.15, -0.1) is 0 Å². The number of rotatable bonds is 4. The normalized spacial score (nSPS) is 13.2. The monoisotopic (exact) mass is 350 g/mol. The highest BCUT2D eigenvalue weighted by atomic mass is 19.4. The predicted octanol–water partition coefficient (Wildman–Crippen LogP) is 3.87. The van der Waals surface area contributed by atoms with E-state index in [2.05, 4.69) is 0 Å². The van der Waals surface area contributed by atoms with Crippen molar-refractivity contribution >= 4 is 27.6 Å². The second-order valence-corrected chi connectivity index (χ2v) is 5.93. The molecular weight excluding hydrogens is 333 g/mol. The van der Waals surface area contributed by atoms with Gasteiger partial charge in [0.15, 0.2) is 0 Å². The van der Waals surface area contributed by atoms with Crippen LogP contribution >= 0.6 is 0 Å². The Kier molecular flexibility index (Phi) is 4.32. The number of halogens is 3. The van der Waals surface area contributed by atoms with Gasteiger partial charge in [-0.2, -0.15) is 13.2 Å². The molecule has 0 saturated carbocycles. The van der Waals surface area contributed by atoms with E-state index in [1.807, 2.05) is 46.3 Å². The summed E-state index contributed by atoms with van der Waals surface area (Å²) < 4.78 is 44.3. The first-order valence-corrected chi connectivity index (χ1v) is 7.73. The van der Waals surface area contributed by atoms with Gasteiger partial charge in [0.1, 0.15) is 5.75 Å². The van der Waals surface area contributed by atoms with E-state index in [1.54, 1.807) is 20.2 Å². The quantitative estimate of drug-likeness (QED) is 0.776. The topological polar surface area (TPSA) is 43.3 Å². The maximum Gasteiger partial charge on any atom is 0.471 e. The number of amides is 1. The molecule has 0 aliphatic heterocycles. The Morgan fingerprint density at radius 2 is 1.88 bits per heavy atom. The lowest BCUT2D eigenvalue weighted by Crippen LogP contribution is -2.43. The number of aromatic nitrogens is 1. The smallest absolute Gasteiger partial charge is 0.471 e. The fourth-order valence-corrected chi connectivity index (χ4v) is 2.93. The van der Waals surface area contributed by atoms with Gasteiger partial charge in [0, 0.05) is 29.6 Å². The molecule has 2 aromatic carbocycles. The molecule has 1 amide bonds. The van der Waals surface area contributed by atoms with Crippen LogP contribution in [0.1, 0.15) is 6.92 Å². The molecule has 1 heterocycles. The van der Waals surface area contributed by atoms with Crippen LogP contribution in [0.4, 0.5) is 13.2 Å². The zero-order valence-electron chi connectivity index (χ0n) is 13.7. The molecule has 0 radical (unpaired) electrons. The summed E-state index contributed by atoms with van der Waals surface area (Å²) >= 11 is 0. The molecule has 0 spiro atoms. The Balaban J connectivity index is 1.96. The molecule has 132 valence electrons. The highest BCUT2D eigenvalue weighted by molar-refractivity contribution is 6.06.